The van der Waals surface area contributed by atoms with Crippen molar-refractivity contribution < 1.29 is 18.9 Å². The van der Waals surface area contributed by atoms with E-state index in [4.69, 9.17) is 30.5 Å². The zero-order valence-corrected chi connectivity index (χ0v) is 19.9. The van der Waals surface area contributed by atoms with Gasteiger partial charge in [0.25, 0.3) is 0 Å². The van der Waals surface area contributed by atoms with Gasteiger partial charge in [-0.15, -0.1) is 0 Å². The molecule has 5 nitrogen and oxygen atoms in total. The van der Waals surface area contributed by atoms with Gasteiger partial charge in [0, 0.05) is 21.5 Å². The highest BCUT2D eigenvalue weighted by molar-refractivity contribution is 6.31. The van der Waals surface area contributed by atoms with Crippen LogP contribution in [0.25, 0.3) is 22.2 Å². The maximum absolute atomic E-state index is 6.35. The second kappa shape index (κ2) is 8.32. The second-order valence-corrected chi connectivity index (χ2v) is 8.86. The average molecular weight is 464 g/mol. The summed E-state index contributed by atoms with van der Waals surface area (Å²) in [4.78, 5) is 3.64. The number of aromatic nitrogens is 1. The van der Waals surface area contributed by atoms with Gasteiger partial charge in [-0.05, 0) is 42.3 Å². The Kier molecular flexibility index (Phi) is 5.47. The molecule has 2 heterocycles. The topological polar surface area (TPSA) is 52.7 Å². The number of benzene rings is 3. The van der Waals surface area contributed by atoms with Crippen LogP contribution in [0.2, 0.25) is 5.02 Å². The van der Waals surface area contributed by atoms with Crippen molar-refractivity contribution in [2.75, 3.05) is 34.5 Å². The van der Waals surface area contributed by atoms with Crippen molar-refractivity contribution in [3.8, 4) is 28.5 Å². The lowest BCUT2D eigenvalue weighted by Gasteiger charge is -2.43. The molecular weight excluding hydrogens is 438 g/mol. The first kappa shape index (κ1) is 21.7. The third kappa shape index (κ3) is 3.43. The number of ether oxygens (including phenoxy) is 4. The molecule has 1 aromatic heterocycles. The normalized spacial score (nSPS) is 14.7. The second-order valence-electron chi connectivity index (χ2n) is 8.42. The van der Waals surface area contributed by atoms with Gasteiger partial charge in [0.1, 0.15) is 0 Å². The number of rotatable bonds is 6. The third-order valence-corrected chi connectivity index (χ3v) is 6.73. The number of aryl methyl sites for hydroxylation is 1. The highest BCUT2D eigenvalue weighted by Gasteiger charge is 2.46. The van der Waals surface area contributed by atoms with Gasteiger partial charge in [0.2, 0.25) is 5.75 Å². The van der Waals surface area contributed by atoms with Crippen molar-refractivity contribution in [2.24, 2.45) is 0 Å². The number of aromatic amines is 1. The molecule has 0 amide bonds. The van der Waals surface area contributed by atoms with E-state index in [9.17, 15) is 0 Å². The summed E-state index contributed by atoms with van der Waals surface area (Å²) in [6, 6.07) is 18.6. The molecule has 1 aliphatic heterocycles. The lowest BCUT2D eigenvalue weighted by atomic mass is 9.71. The molecule has 3 aromatic carbocycles. The zero-order chi connectivity index (χ0) is 23.2. The van der Waals surface area contributed by atoms with Crippen molar-refractivity contribution >= 4 is 22.5 Å². The number of H-pyrrole nitrogens is 1. The molecular formula is C27H26ClNO4. The minimum atomic E-state index is -0.390. The number of halogens is 1. The number of fused-ring (bicyclic) bond motifs is 1. The molecule has 0 spiro atoms. The summed E-state index contributed by atoms with van der Waals surface area (Å²) >= 11 is 6.35. The van der Waals surface area contributed by atoms with Gasteiger partial charge in [0.05, 0.1) is 45.7 Å². The zero-order valence-electron chi connectivity index (χ0n) is 19.1. The standard InChI is InChI=1S/C27H26ClNO4/c1-16-5-7-17(8-6-16)25-24(20-10-9-19(28)13-21(20)29-25)27(14-33-15-27)18-11-22(30-2)26(32-4)23(12-18)31-3/h5-13,29H,14-15H2,1-4H3. The molecule has 0 aliphatic carbocycles. The highest BCUT2D eigenvalue weighted by Crippen LogP contribution is 2.50. The molecule has 0 radical (unpaired) electrons. The first-order valence-electron chi connectivity index (χ1n) is 10.8. The molecule has 1 aliphatic rings. The largest absolute Gasteiger partial charge is 0.493 e. The van der Waals surface area contributed by atoms with E-state index in [2.05, 4.69) is 42.2 Å². The van der Waals surface area contributed by atoms with Gasteiger partial charge < -0.3 is 23.9 Å². The Bertz CT molecular complexity index is 1300. The van der Waals surface area contributed by atoms with Gasteiger partial charge in [-0.3, -0.25) is 0 Å². The molecule has 4 aromatic rings. The van der Waals surface area contributed by atoms with Crippen molar-refractivity contribution in [3.05, 3.63) is 76.3 Å². The average Bonchev–Trinajstić information content (AvgIpc) is 3.16. The molecule has 0 bridgehead atoms. The monoisotopic (exact) mass is 463 g/mol. The number of nitrogens with one attached hydrogen (secondary N) is 1. The Morgan fingerprint density at radius 1 is 0.879 bits per heavy atom. The van der Waals surface area contributed by atoms with Gasteiger partial charge >= 0.3 is 0 Å². The summed E-state index contributed by atoms with van der Waals surface area (Å²) in [5.41, 5.74) is 6.22. The molecule has 33 heavy (non-hydrogen) atoms. The van der Waals surface area contributed by atoms with Crippen LogP contribution in [0, 0.1) is 6.92 Å². The molecule has 0 saturated carbocycles. The van der Waals surface area contributed by atoms with Crippen LogP contribution in [-0.4, -0.2) is 39.5 Å². The fourth-order valence-corrected chi connectivity index (χ4v) is 4.89. The Hall–Kier alpha value is -3.15. The van der Waals surface area contributed by atoms with Crippen LogP contribution < -0.4 is 14.2 Å². The fraction of sp³-hybridized carbons (Fsp3) is 0.259. The van der Waals surface area contributed by atoms with Crippen LogP contribution >= 0.6 is 11.6 Å². The molecule has 5 rings (SSSR count). The van der Waals surface area contributed by atoms with Crippen molar-refractivity contribution in [3.63, 3.8) is 0 Å². The smallest absolute Gasteiger partial charge is 0.203 e. The summed E-state index contributed by atoms with van der Waals surface area (Å²) in [5.74, 6) is 1.82. The van der Waals surface area contributed by atoms with E-state index in [1.165, 1.54) is 11.1 Å². The molecule has 1 N–H and O–H groups in total. The van der Waals surface area contributed by atoms with Crippen LogP contribution in [0.4, 0.5) is 0 Å². The Morgan fingerprint density at radius 2 is 1.55 bits per heavy atom. The fourth-order valence-electron chi connectivity index (χ4n) is 4.72. The van der Waals surface area contributed by atoms with E-state index in [-0.39, 0.29) is 5.41 Å². The van der Waals surface area contributed by atoms with Gasteiger partial charge in [-0.2, -0.15) is 0 Å². The molecule has 170 valence electrons. The molecule has 0 atom stereocenters. The Balaban J connectivity index is 1.80. The maximum atomic E-state index is 6.35. The lowest BCUT2D eigenvalue weighted by molar-refractivity contribution is -0.0371. The Morgan fingerprint density at radius 3 is 2.09 bits per heavy atom. The predicted octanol–water partition coefficient (Wildman–Crippen LogP) is 6.14. The highest BCUT2D eigenvalue weighted by atomic mass is 35.5. The van der Waals surface area contributed by atoms with E-state index < -0.39 is 0 Å². The molecule has 0 unspecified atom stereocenters. The molecule has 1 fully saturated rings. The SMILES string of the molecule is COc1cc(C2(c3c(-c4ccc(C)cc4)[nH]c4cc(Cl)ccc34)COC2)cc(OC)c1OC. The van der Waals surface area contributed by atoms with E-state index in [0.717, 1.165) is 27.7 Å². The first-order valence-corrected chi connectivity index (χ1v) is 11.2. The maximum Gasteiger partial charge on any atom is 0.203 e. The van der Waals surface area contributed by atoms with Crippen LogP contribution in [-0.2, 0) is 10.2 Å². The number of hydrogen-bond donors (Lipinski definition) is 1. The van der Waals surface area contributed by atoms with Crippen molar-refractivity contribution in [2.45, 2.75) is 12.3 Å². The van der Waals surface area contributed by atoms with E-state index >= 15 is 0 Å². The van der Waals surface area contributed by atoms with Crippen molar-refractivity contribution in [1.29, 1.82) is 0 Å². The van der Waals surface area contributed by atoms with E-state index in [1.54, 1.807) is 21.3 Å². The van der Waals surface area contributed by atoms with Crippen LogP contribution in [0.1, 0.15) is 16.7 Å². The minimum absolute atomic E-state index is 0.390. The van der Waals surface area contributed by atoms with Gasteiger partial charge in [-0.25, -0.2) is 0 Å². The van der Waals surface area contributed by atoms with Crippen LogP contribution in [0.15, 0.2) is 54.6 Å². The van der Waals surface area contributed by atoms with E-state index in [0.29, 0.717) is 35.5 Å². The summed E-state index contributed by atoms with van der Waals surface area (Å²) in [6.07, 6.45) is 0. The minimum Gasteiger partial charge on any atom is -0.493 e. The van der Waals surface area contributed by atoms with E-state index in [1.807, 2.05) is 24.3 Å². The summed E-state index contributed by atoms with van der Waals surface area (Å²) in [7, 11) is 4.88. The van der Waals surface area contributed by atoms with Crippen LogP contribution in [0.3, 0.4) is 0 Å². The summed E-state index contributed by atoms with van der Waals surface area (Å²) in [6.45, 7) is 3.17. The molecule has 6 heteroatoms. The molecule has 1 saturated heterocycles. The Labute approximate surface area is 198 Å². The van der Waals surface area contributed by atoms with Crippen LogP contribution in [0.5, 0.6) is 17.2 Å². The summed E-state index contributed by atoms with van der Waals surface area (Å²) < 4.78 is 22.7. The number of hydrogen-bond acceptors (Lipinski definition) is 4. The van der Waals surface area contributed by atoms with Crippen molar-refractivity contribution in [1.82, 2.24) is 4.98 Å². The summed E-state index contributed by atoms with van der Waals surface area (Å²) in [5, 5.41) is 1.81. The third-order valence-electron chi connectivity index (χ3n) is 6.49. The predicted molar refractivity (Wildman–Crippen MR) is 131 cm³/mol. The first-order chi connectivity index (χ1) is 16.0. The van der Waals surface area contributed by atoms with Gasteiger partial charge in [-0.1, -0.05) is 47.5 Å². The number of methoxy groups -OCH3 is 3. The lowest BCUT2D eigenvalue weighted by Crippen LogP contribution is -2.48. The quantitative estimate of drug-likeness (QED) is 0.373. The van der Waals surface area contributed by atoms with Gasteiger partial charge in [0.15, 0.2) is 11.5 Å².